The van der Waals surface area contributed by atoms with E-state index < -0.39 is 11.6 Å². The quantitative estimate of drug-likeness (QED) is 0.896. The molecule has 1 N–H and O–H groups in total. The second-order valence-corrected chi connectivity index (χ2v) is 5.57. The van der Waals surface area contributed by atoms with Crippen molar-refractivity contribution in [3.05, 3.63) is 35.4 Å². The van der Waals surface area contributed by atoms with Crippen LogP contribution in [0.25, 0.3) is 0 Å². The number of benzene rings is 1. The van der Waals surface area contributed by atoms with E-state index in [1.807, 2.05) is 0 Å². The fraction of sp³-hybridized carbons (Fsp3) is 0.600. The summed E-state index contributed by atoms with van der Waals surface area (Å²) in [5.74, 6) is -0.990. The van der Waals surface area contributed by atoms with Crippen LogP contribution >= 0.6 is 24.8 Å². The summed E-state index contributed by atoms with van der Waals surface area (Å²) in [4.78, 5) is 2.26. The number of piperazine rings is 1. The van der Waals surface area contributed by atoms with Gasteiger partial charge in [-0.15, -0.1) is 24.8 Å². The van der Waals surface area contributed by atoms with Crippen LogP contribution in [0.3, 0.4) is 0 Å². The van der Waals surface area contributed by atoms with E-state index in [1.165, 1.54) is 6.07 Å². The van der Waals surface area contributed by atoms with Gasteiger partial charge in [0.25, 0.3) is 0 Å². The molecular weight excluding hydrogens is 317 g/mol. The molecule has 6 heteroatoms. The van der Waals surface area contributed by atoms with Gasteiger partial charge in [0.05, 0.1) is 0 Å². The Morgan fingerprint density at radius 2 is 1.76 bits per heavy atom. The first-order chi connectivity index (χ1) is 9.09. The second-order valence-electron chi connectivity index (χ2n) is 5.57. The normalized spacial score (nSPS) is 17.0. The molecule has 2 rings (SSSR count). The Bertz CT molecular complexity index is 424. The Morgan fingerprint density at radius 1 is 1.14 bits per heavy atom. The molecule has 0 unspecified atom stereocenters. The average molecular weight is 341 g/mol. The van der Waals surface area contributed by atoms with Gasteiger partial charge < -0.3 is 5.32 Å². The molecule has 0 aromatic heterocycles. The lowest BCUT2D eigenvalue weighted by molar-refractivity contribution is 0.150. The van der Waals surface area contributed by atoms with Crippen molar-refractivity contribution in [1.29, 1.82) is 0 Å². The zero-order valence-corrected chi connectivity index (χ0v) is 14.1. The van der Waals surface area contributed by atoms with Crippen LogP contribution in [0, 0.1) is 17.6 Å². The molecule has 1 fully saturated rings. The van der Waals surface area contributed by atoms with Crippen LogP contribution < -0.4 is 5.32 Å². The van der Waals surface area contributed by atoms with Crippen molar-refractivity contribution >= 4 is 24.8 Å². The van der Waals surface area contributed by atoms with Gasteiger partial charge in [-0.2, -0.15) is 0 Å². The summed E-state index contributed by atoms with van der Waals surface area (Å²) < 4.78 is 27.5. The van der Waals surface area contributed by atoms with Crippen molar-refractivity contribution in [3.8, 4) is 0 Å². The van der Waals surface area contributed by atoms with Crippen molar-refractivity contribution in [2.24, 2.45) is 5.92 Å². The summed E-state index contributed by atoms with van der Waals surface area (Å²) in [6, 6.07) is 4.47. The van der Waals surface area contributed by atoms with E-state index >= 15 is 0 Å². The molecule has 1 heterocycles. The van der Waals surface area contributed by atoms with Gasteiger partial charge in [-0.1, -0.05) is 26.0 Å². The van der Waals surface area contributed by atoms with Gasteiger partial charge in [0.15, 0.2) is 11.6 Å². The third-order valence-electron chi connectivity index (χ3n) is 3.63. The first-order valence-electron chi connectivity index (χ1n) is 6.98. The Kier molecular flexibility index (Phi) is 9.38. The number of nitrogens with one attached hydrogen (secondary N) is 1. The Labute approximate surface area is 138 Å². The van der Waals surface area contributed by atoms with Crippen LogP contribution in [0.1, 0.15) is 31.9 Å². The summed E-state index contributed by atoms with van der Waals surface area (Å²) in [6.45, 7) is 7.82. The van der Waals surface area contributed by atoms with Crippen molar-refractivity contribution in [1.82, 2.24) is 10.2 Å². The molecule has 0 spiro atoms. The van der Waals surface area contributed by atoms with E-state index in [2.05, 4.69) is 24.1 Å². The van der Waals surface area contributed by atoms with E-state index in [9.17, 15) is 8.78 Å². The molecule has 1 atom stereocenters. The highest BCUT2D eigenvalue weighted by atomic mass is 35.5. The molecule has 1 aliphatic rings. The van der Waals surface area contributed by atoms with E-state index in [1.54, 1.807) is 12.1 Å². The van der Waals surface area contributed by atoms with Crippen molar-refractivity contribution < 1.29 is 8.78 Å². The van der Waals surface area contributed by atoms with Crippen LogP contribution in [0.4, 0.5) is 8.78 Å². The highest BCUT2D eigenvalue weighted by Gasteiger charge is 2.26. The molecule has 21 heavy (non-hydrogen) atoms. The largest absolute Gasteiger partial charge is 0.314 e. The molecule has 1 saturated heterocycles. The Morgan fingerprint density at radius 3 is 2.33 bits per heavy atom. The number of rotatable bonds is 4. The van der Waals surface area contributed by atoms with E-state index in [0.29, 0.717) is 11.5 Å². The van der Waals surface area contributed by atoms with Crippen LogP contribution in [-0.2, 0) is 0 Å². The maximum Gasteiger partial charge on any atom is 0.163 e. The molecule has 0 radical (unpaired) electrons. The van der Waals surface area contributed by atoms with Crippen molar-refractivity contribution in [2.45, 2.75) is 26.3 Å². The number of hydrogen-bond donors (Lipinski definition) is 1. The number of nitrogens with zero attached hydrogens (tertiary/aromatic N) is 1. The summed E-state index contributed by atoms with van der Waals surface area (Å²) in [5, 5.41) is 3.29. The predicted octanol–water partition coefficient (Wildman–Crippen LogP) is 3.80. The SMILES string of the molecule is CC(C)C[C@@H](c1cccc(F)c1F)N1CCNCC1.Cl.Cl. The lowest BCUT2D eigenvalue weighted by atomic mass is 9.94. The molecule has 1 aromatic rings. The monoisotopic (exact) mass is 340 g/mol. The van der Waals surface area contributed by atoms with Crippen LogP contribution in [0.2, 0.25) is 0 Å². The van der Waals surface area contributed by atoms with Gasteiger partial charge in [-0.05, 0) is 18.4 Å². The fourth-order valence-electron chi connectivity index (χ4n) is 2.69. The lowest BCUT2D eigenvalue weighted by Crippen LogP contribution is -2.45. The van der Waals surface area contributed by atoms with Gasteiger partial charge in [0, 0.05) is 37.8 Å². The first-order valence-corrected chi connectivity index (χ1v) is 6.98. The molecule has 0 bridgehead atoms. The first kappa shape index (κ1) is 20.6. The van der Waals surface area contributed by atoms with Crippen LogP contribution in [0.5, 0.6) is 0 Å². The lowest BCUT2D eigenvalue weighted by Gasteiger charge is -2.36. The van der Waals surface area contributed by atoms with Crippen LogP contribution in [0.15, 0.2) is 18.2 Å². The maximum atomic E-state index is 14.0. The Balaban J connectivity index is 0.00000200. The van der Waals surface area contributed by atoms with Gasteiger partial charge in [0.1, 0.15) is 0 Å². The van der Waals surface area contributed by atoms with Crippen molar-refractivity contribution in [2.75, 3.05) is 26.2 Å². The standard InChI is InChI=1S/C15H22F2N2.2ClH/c1-11(2)10-14(19-8-6-18-7-9-19)12-4-3-5-13(16)15(12)17;;/h3-5,11,14,18H,6-10H2,1-2H3;2*1H/t14-;;/m0../s1. The molecule has 122 valence electrons. The van der Waals surface area contributed by atoms with Gasteiger partial charge in [0.2, 0.25) is 0 Å². The fourth-order valence-corrected chi connectivity index (χ4v) is 2.69. The van der Waals surface area contributed by atoms with Gasteiger partial charge >= 0.3 is 0 Å². The Hall–Kier alpha value is -0.420. The smallest absolute Gasteiger partial charge is 0.163 e. The zero-order valence-electron chi connectivity index (χ0n) is 12.4. The van der Waals surface area contributed by atoms with E-state index in [-0.39, 0.29) is 30.9 Å². The zero-order chi connectivity index (χ0) is 13.8. The van der Waals surface area contributed by atoms with E-state index in [4.69, 9.17) is 0 Å². The summed E-state index contributed by atoms with van der Waals surface area (Å²) in [6.07, 6.45) is 0.848. The maximum absolute atomic E-state index is 14.0. The topological polar surface area (TPSA) is 15.3 Å². The summed E-state index contributed by atoms with van der Waals surface area (Å²) >= 11 is 0. The molecular formula is C15H24Cl2F2N2. The summed E-state index contributed by atoms with van der Waals surface area (Å²) in [7, 11) is 0. The minimum Gasteiger partial charge on any atom is -0.314 e. The van der Waals surface area contributed by atoms with Crippen molar-refractivity contribution in [3.63, 3.8) is 0 Å². The molecule has 0 amide bonds. The number of hydrogen-bond acceptors (Lipinski definition) is 2. The summed E-state index contributed by atoms with van der Waals surface area (Å²) in [5.41, 5.74) is 0.496. The van der Waals surface area contributed by atoms with Gasteiger partial charge in [-0.3, -0.25) is 4.90 Å². The molecule has 0 aliphatic carbocycles. The van der Waals surface area contributed by atoms with Crippen LogP contribution in [-0.4, -0.2) is 31.1 Å². The molecule has 1 aliphatic heterocycles. The minimum atomic E-state index is -0.749. The van der Waals surface area contributed by atoms with E-state index in [0.717, 1.165) is 32.6 Å². The number of halogens is 4. The second kappa shape index (κ2) is 9.57. The minimum absolute atomic E-state index is 0. The third-order valence-corrected chi connectivity index (χ3v) is 3.63. The highest BCUT2D eigenvalue weighted by molar-refractivity contribution is 5.85. The molecule has 0 saturated carbocycles. The molecule has 1 aromatic carbocycles. The van der Waals surface area contributed by atoms with Gasteiger partial charge in [-0.25, -0.2) is 8.78 Å². The predicted molar refractivity (Wildman–Crippen MR) is 87.5 cm³/mol. The molecule has 2 nitrogen and oxygen atoms in total. The average Bonchev–Trinajstić information content (AvgIpc) is 2.40. The highest BCUT2D eigenvalue weighted by Crippen LogP contribution is 2.30. The third kappa shape index (κ3) is 5.37.